The second-order valence-electron chi connectivity index (χ2n) is 4.69. The normalized spacial score (nSPS) is 18.0. The SMILES string of the molecule is CCN(C(=O)C(C)(C)S(C)(=O)=O)C1CNC1. The third-order valence-corrected chi connectivity index (χ3v) is 5.27. The number of nitrogens with one attached hydrogen (secondary N) is 1. The van der Waals surface area contributed by atoms with Crippen molar-refractivity contribution in [3.8, 4) is 0 Å². The van der Waals surface area contributed by atoms with Gasteiger partial charge in [-0.2, -0.15) is 0 Å². The van der Waals surface area contributed by atoms with Gasteiger partial charge in [0, 0.05) is 25.9 Å². The summed E-state index contributed by atoms with van der Waals surface area (Å²) in [4.78, 5) is 13.8. The summed E-state index contributed by atoms with van der Waals surface area (Å²) < 4.78 is 21.8. The molecular formula is C10H20N2O3S. The van der Waals surface area contributed by atoms with Crippen LogP contribution in [-0.4, -0.2) is 55.9 Å². The highest BCUT2D eigenvalue weighted by atomic mass is 32.2. The van der Waals surface area contributed by atoms with Crippen LogP contribution in [0.15, 0.2) is 0 Å². The molecule has 1 aliphatic rings. The summed E-state index contributed by atoms with van der Waals surface area (Å²) in [6.07, 6.45) is 1.11. The zero-order chi connectivity index (χ0) is 12.6. The molecule has 0 aromatic rings. The number of likely N-dealkylation sites (N-methyl/N-ethyl adjacent to an activating group) is 1. The highest BCUT2D eigenvalue weighted by Gasteiger charge is 2.43. The van der Waals surface area contributed by atoms with Gasteiger partial charge < -0.3 is 10.2 Å². The fourth-order valence-electron chi connectivity index (χ4n) is 1.57. The van der Waals surface area contributed by atoms with E-state index in [-0.39, 0.29) is 11.9 Å². The molecule has 0 spiro atoms. The van der Waals surface area contributed by atoms with Gasteiger partial charge in [-0.3, -0.25) is 4.79 Å². The predicted molar refractivity (Wildman–Crippen MR) is 63.0 cm³/mol. The third-order valence-electron chi connectivity index (χ3n) is 3.24. The molecule has 5 nitrogen and oxygen atoms in total. The summed E-state index contributed by atoms with van der Waals surface area (Å²) in [5, 5.41) is 3.08. The standard InChI is InChI=1S/C10H20N2O3S/c1-5-12(8-6-11-7-8)9(13)10(2,3)16(4,14)15/h8,11H,5-7H2,1-4H3. The van der Waals surface area contributed by atoms with Crippen molar-refractivity contribution in [3.05, 3.63) is 0 Å². The van der Waals surface area contributed by atoms with E-state index in [1.165, 1.54) is 13.8 Å². The van der Waals surface area contributed by atoms with Gasteiger partial charge in [-0.05, 0) is 20.8 Å². The van der Waals surface area contributed by atoms with Crippen LogP contribution in [-0.2, 0) is 14.6 Å². The summed E-state index contributed by atoms with van der Waals surface area (Å²) in [7, 11) is -3.39. The number of amides is 1. The summed E-state index contributed by atoms with van der Waals surface area (Å²) in [5.74, 6) is -0.302. The minimum Gasteiger partial charge on any atom is -0.336 e. The fraction of sp³-hybridized carbons (Fsp3) is 0.900. The van der Waals surface area contributed by atoms with Crippen LogP contribution < -0.4 is 5.32 Å². The smallest absolute Gasteiger partial charge is 0.243 e. The quantitative estimate of drug-likeness (QED) is 0.737. The van der Waals surface area contributed by atoms with Crippen molar-refractivity contribution in [2.75, 3.05) is 25.9 Å². The Balaban J connectivity index is 2.90. The first-order chi connectivity index (χ1) is 7.21. The molecule has 1 N–H and O–H groups in total. The second-order valence-corrected chi connectivity index (χ2v) is 7.25. The minimum absolute atomic E-state index is 0.138. The molecular weight excluding hydrogens is 228 g/mol. The maximum Gasteiger partial charge on any atom is 0.243 e. The van der Waals surface area contributed by atoms with Gasteiger partial charge in [-0.1, -0.05) is 0 Å². The van der Waals surface area contributed by atoms with Gasteiger partial charge in [0.05, 0.1) is 6.04 Å². The van der Waals surface area contributed by atoms with Crippen LogP contribution in [0.2, 0.25) is 0 Å². The van der Waals surface area contributed by atoms with E-state index in [9.17, 15) is 13.2 Å². The van der Waals surface area contributed by atoms with E-state index < -0.39 is 14.6 Å². The Morgan fingerprint density at radius 3 is 2.19 bits per heavy atom. The number of carbonyl (C=O) groups is 1. The molecule has 1 heterocycles. The first-order valence-corrected chi connectivity index (χ1v) is 7.32. The van der Waals surface area contributed by atoms with Crippen LogP contribution in [0, 0.1) is 0 Å². The van der Waals surface area contributed by atoms with Crippen LogP contribution in [0.3, 0.4) is 0 Å². The lowest BCUT2D eigenvalue weighted by atomic mass is 10.1. The topological polar surface area (TPSA) is 66.5 Å². The molecule has 1 saturated heterocycles. The fourth-order valence-corrected chi connectivity index (χ4v) is 2.00. The first kappa shape index (κ1) is 13.4. The molecule has 16 heavy (non-hydrogen) atoms. The van der Waals surface area contributed by atoms with Crippen molar-refractivity contribution < 1.29 is 13.2 Å². The van der Waals surface area contributed by atoms with Gasteiger partial charge in [0.15, 0.2) is 9.84 Å². The second kappa shape index (κ2) is 4.33. The van der Waals surface area contributed by atoms with Crippen LogP contribution >= 0.6 is 0 Å². The molecule has 94 valence electrons. The molecule has 0 radical (unpaired) electrons. The molecule has 0 unspecified atom stereocenters. The van der Waals surface area contributed by atoms with E-state index in [1.807, 2.05) is 6.92 Å². The molecule has 0 aliphatic carbocycles. The Labute approximate surface area is 97.1 Å². The van der Waals surface area contributed by atoms with Gasteiger partial charge in [0.25, 0.3) is 0 Å². The highest BCUT2D eigenvalue weighted by molar-refractivity contribution is 7.92. The molecule has 0 saturated carbocycles. The maximum absolute atomic E-state index is 12.2. The Bertz CT molecular complexity index is 372. The molecule has 0 aromatic heterocycles. The Hall–Kier alpha value is -0.620. The highest BCUT2D eigenvalue weighted by Crippen LogP contribution is 2.21. The summed E-state index contributed by atoms with van der Waals surface area (Å²) >= 11 is 0. The molecule has 0 aromatic carbocycles. The lowest BCUT2D eigenvalue weighted by Crippen LogP contribution is -2.62. The van der Waals surface area contributed by atoms with Crippen molar-refractivity contribution in [2.24, 2.45) is 0 Å². The van der Waals surface area contributed by atoms with E-state index >= 15 is 0 Å². The zero-order valence-corrected chi connectivity index (χ0v) is 11.1. The molecule has 0 atom stereocenters. The average molecular weight is 248 g/mol. The monoisotopic (exact) mass is 248 g/mol. The van der Waals surface area contributed by atoms with E-state index in [2.05, 4.69) is 5.32 Å². The Kier molecular flexibility index (Phi) is 3.64. The summed E-state index contributed by atoms with van der Waals surface area (Å²) in [6, 6.07) is 0.138. The van der Waals surface area contributed by atoms with Gasteiger partial charge in [0.2, 0.25) is 5.91 Å². The molecule has 1 aliphatic heterocycles. The van der Waals surface area contributed by atoms with Crippen LogP contribution in [0.4, 0.5) is 0 Å². The molecule has 0 bridgehead atoms. The molecule has 1 fully saturated rings. The molecule has 1 amide bonds. The van der Waals surface area contributed by atoms with Crippen LogP contribution in [0.1, 0.15) is 20.8 Å². The van der Waals surface area contributed by atoms with Gasteiger partial charge in [0.1, 0.15) is 4.75 Å². The molecule has 6 heteroatoms. The summed E-state index contributed by atoms with van der Waals surface area (Å²) in [6.45, 7) is 6.86. The van der Waals surface area contributed by atoms with Crippen LogP contribution in [0.25, 0.3) is 0 Å². The van der Waals surface area contributed by atoms with Crippen molar-refractivity contribution >= 4 is 15.7 Å². The number of hydrogen-bond donors (Lipinski definition) is 1. The Morgan fingerprint density at radius 1 is 1.44 bits per heavy atom. The number of sulfone groups is 1. The lowest BCUT2D eigenvalue weighted by molar-refractivity contribution is -0.136. The average Bonchev–Trinajstić information content (AvgIpc) is 2.07. The first-order valence-electron chi connectivity index (χ1n) is 5.43. The third kappa shape index (κ3) is 2.22. The van der Waals surface area contributed by atoms with Crippen LogP contribution in [0.5, 0.6) is 0 Å². The van der Waals surface area contributed by atoms with E-state index in [1.54, 1.807) is 4.90 Å². The van der Waals surface area contributed by atoms with Gasteiger partial charge >= 0.3 is 0 Å². The molecule has 1 rings (SSSR count). The van der Waals surface area contributed by atoms with Gasteiger partial charge in [-0.25, -0.2) is 8.42 Å². The lowest BCUT2D eigenvalue weighted by Gasteiger charge is -2.40. The number of nitrogens with zero attached hydrogens (tertiary/aromatic N) is 1. The largest absolute Gasteiger partial charge is 0.336 e. The van der Waals surface area contributed by atoms with Gasteiger partial charge in [-0.15, -0.1) is 0 Å². The number of rotatable bonds is 4. The van der Waals surface area contributed by atoms with E-state index in [0.29, 0.717) is 6.54 Å². The number of carbonyl (C=O) groups excluding carboxylic acids is 1. The van der Waals surface area contributed by atoms with Crippen molar-refractivity contribution in [1.29, 1.82) is 0 Å². The van der Waals surface area contributed by atoms with Crippen molar-refractivity contribution in [2.45, 2.75) is 31.6 Å². The maximum atomic E-state index is 12.2. The summed E-state index contributed by atoms with van der Waals surface area (Å²) in [5.41, 5.74) is 0. The van der Waals surface area contributed by atoms with E-state index in [0.717, 1.165) is 19.3 Å². The van der Waals surface area contributed by atoms with Crippen molar-refractivity contribution in [3.63, 3.8) is 0 Å². The van der Waals surface area contributed by atoms with E-state index in [4.69, 9.17) is 0 Å². The van der Waals surface area contributed by atoms with Crippen molar-refractivity contribution in [1.82, 2.24) is 10.2 Å². The Morgan fingerprint density at radius 2 is 1.94 bits per heavy atom. The predicted octanol–water partition coefficient (Wildman–Crippen LogP) is -0.370. The minimum atomic E-state index is -3.39. The zero-order valence-electron chi connectivity index (χ0n) is 10.3. The number of hydrogen-bond acceptors (Lipinski definition) is 4.